The van der Waals surface area contributed by atoms with Crippen molar-refractivity contribution < 1.29 is 9.32 Å². The van der Waals surface area contributed by atoms with Crippen LogP contribution in [0.5, 0.6) is 0 Å². The third-order valence-corrected chi connectivity index (χ3v) is 4.48. The van der Waals surface area contributed by atoms with E-state index in [1.807, 2.05) is 16.8 Å². The highest BCUT2D eigenvalue weighted by atomic mass is 32.1. The van der Waals surface area contributed by atoms with Gasteiger partial charge in [0.05, 0.1) is 5.56 Å². The molecular weight excluding hydrogens is 274 g/mol. The van der Waals surface area contributed by atoms with Crippen LogP contribution in [0.25, 0.3) is 0 Å². The number of amides is 1. The molecule has 0 bridgehead atoms. The van der Waals surface area contributed by atoms with Crippen molar-refractivity contribution in [2.75, 3.05) is 0 Å². The minimum atomic E-state index is -0.477. The summed E-state index contributed by atoms with van der Waals surface area (Å²) in [5, 5.41) is 11.0. The number of thiophene rings is 1. The molecule has 0 aliphatic heterocycles. The van der Waals surface area contributed by atoms with Gasteiger partial charge in [0.2, 0.25) is 5.89 Å². The number of hydrogen-bond acceptors (Lipinski definition) is 5. The molecule has 2 aromatic rings. The van der Waals surface area contributed by atoms with Crippen LogP contribution < -0.4 is 5.32 Å². The summed E-state index contributed by atoms with van der Waals surface area (Å²) in [6.07, 6.45) is 5.05. The molecule has 106 valence electrons. The lowest BCUT2D eigenvalue weighted by Gasteiger charge is -2.35. The van der Waals surface area contributed by atoms with Crippen molar-refractivity contribution in [2.45, 2.75) is 44.6 Å². The second-order valence-electron chi connectivity index (χ2n) is 5.25. The minimum absolute atomic E-state index is 0.0596. The van der Waals surface area contributed by atoms with Crippen LogP contribution in [-0.4, -0.2) is 16.0 Å². The van der Waals surface area contributed by atoms with E-state index < -0.39 is 5.54 Å². The number of rotatable bonds is 3. The maximum atomic E-state index is 12.4. The number of nitrogens with zero attached hydrogens (tertiary/aromatic N) is 2. The Balaban J connectivity index is 1.88. The maximum Gasteiger partial charge on any atom is 0.252 e. The van der Waals surface area contributed by atoms with E-state index in [9.17, 15) is 4.79 Å². The lowest BCUT2D eigenvalue weighted by Crippen LogP contribution is -2.48. The van der Waals surface area contributed by atoms with Crippen LogP contribution in [0.4, 0.5) is 0 Å². The van der Waals surface area contributed by atoms with Crippen LogP contribution in [-0.2, 0) is 5.54 Å². The van der Waals surface area contributed by atoms with Crippen LogP contribution >= 0.6 is 11.3 Å². The van der Waals surface area contributed by atoms with Crippen molar-refractivity contribution in [2.24, 2.45) is 0 Å². The van der Waals surface area contributed by atoms with Gasteiger partial charge in [-0.25, -0.2) is 0 Å². The van der Waals surface area contributed by atoms with Crippen molar-refractivity contribution in [3.63, 3.8) is 0 Å². The zero-order valence-electron chi connectivity index (χ0n) is 11.4. The molecule has 1 fully saturated rings. The molecule has 20 heavy (non-hydrogen) atoms. The van der Waals surface area contributed by atoms with Crippen LogP contribution in [0.2, 0.25) is 0 Å². The molecule has 1 aliphatic rings. The van der Waals surface area contributed by atoms with Gasteiger partial charge in [-0.3, -0.25) is 4.79 Å². The highest BCUT2D eigenvalue weighted by Gasteiger charge is 2.39. The van der Waals surface area contributed by atoms with Gasteiger partial charge in [0.1, 0.15) is 5.54 Å². The Morgan fingerprint density at radius 2 is 2.20 bits per heavy atom. The average molecular weight is 291 g/mol. The molecule has 1 amide bonds. The molecule has 1 aliphatic carbocycles. The lowest BCUT2D eigenvalue weighted by atomic mass is 9.81. The van der Waals surface area contributed by atoms with Gasteiger partial charge in [0.25, 0.3) is 5.91 Å². The number of aromatic nitrogens is 2. The summed E-state index contributed by atoms with van der Waals surface area (Å²) in [6, 6.07) is 1.83. The van der Waals surface area contributed by atoms with Crippen molar-refractivity contribution in [1.82, 2.24) is 15.5 Å². The Bertz CT molecular complexity index is 585. The number of carbonyl (C=O) groups is 1. The molecule has 6 heteroatoms. The van der Waals surface area contributed by atoms with E-state index in [1.54, 1.807) is 6.92 Å². The molecule has 1 saturated carbocycles. The molecular formula is C14H17N3O2S. The fourth-order valence-corrected chi connectivity index (χ4v) is 3.37. The quantitative estimate of drug-likeness (QED) is 0.943. The molecule has 0 saturated heterocycles. The van der Waals surface area contributed by atoms with Gasteiger partial charge in [-0.2, -0.15) is 16.3 Å². The zero-order valence-corrected chi connectivity index (χ0v) is 12.2. The molecule has 0 atom stereocenters. The first-order valence-corrected chi connectivity index (χ1v) is 7.79. The summed E-state index contributed by atoms with van der Waals surface area (Å²) in [5.74, 6) is 1.09. The van der Waals surface area contributed by atoms with Gasteiger partial charge in [-0.05, 0) is 24.3 Å². The summed E-state index contributed by atoms with van der Waals surface area (Å²) >= 11 is 1.52. The first-order chi connectivity index (χ1) is 9.70. The minimum Gasteiger partial charge on any atom is -0.340 e. The molecule has 2 heterocycles. The highest BCUT2D eigenvalue weighted by molar-refractivity contribution is 7.08. The lowest BCUT2D eigenvalue weighted by molar-refractivity contribution is 0.0856. The Kier molecular flexibility index (Phi) is 3.56. The predicted octanol–water partition coefficient (Wildman–Crippen LogP) is 3.03. The monoisotopic (exact) mass is 291 g/mol. The second-order valence-corrected chi connectivity index (χ2v) is 6.03. The molecule has 5 nitrogen and oxygen atoms in total. The van der Waals surface area contributed by atoms with Crippen molar-refractivity contribution in [3.05, 3.63) is 34.1 Å². The van der Waals surface area contributed by atoms with E-state index in [4.69, 9.17) is 4.52 Å². The molecule has 3 rings (SSSR count). The van der Waals surface area contributed by atoms with Crippen LogP contribution in [0.1, 0.15) is 54.2 Å². The first kappa shape index (κ1) is 13.3. The van der Waals surface area contributed by atoms with Gasteiger partial charge < -0.3 is 9.84 Å². The van der Waals surface area contributed by atoms with E-state index in [0.29, 0.717) is 17.3 Å². The molecule has 0 spiro atoms. The first-order valence-electron chi connectivity index (χ1n) is 6.85. The summed E-state index contributed by atoms with van der Waals surface area (Å²) in [5.41, 5.74) is 0.217. The predicted molar refractivity (Wildman–Crippen MR) is 75.6 cm³/mol. The van der Waals surface area contributed by atoms with Crippen molar-refractivity contribution >= 4 is 17.2 Å². The van der Waals surface area contributed by atoms with Gasteiger partial charge in [-0.15, -0.1) is 0 Å². The molecule has 1 N–H and O–H groups in total. The highest BCUT2D eigenvalue weighted by Crippen LogP contribution is 2.36. The third-order valence-electron chi connectivity index (χ3n) is 3.80. The van der Waals surface area contributed by atoms with Gasteiger partial charge in [-0.1, -0.05) is 24.4 Å². The third kappa shape index (κ3) is 2.47. The van der Waals surface area contributed by atoms with Crippen LogP contribution in [0.15, 0.2) is 21.3 Å². The van der Waals surface area contributed by atoms with Crippen LogP contribution in [0, 0.1) is 6.92 Å². The van der Waals surface area contributed by atoms with E-state index >= 15 is 0 Å². The summed E-state index contributed by atoms with van der Waals surface area (Å²) < 4.78 is 5.10. The molecule has 0 radical (unpaired) electrons. The zero-order chi connectivity index (χ0) is 14.0. The normalized spacial score (nSPS) is 17.9. The number of nitrogens with one attached hydrogen (secondary N) is 1. The van der Waals surface area contributed by atoms with E-state index in [1.165, 1.54) is 17.8 Å². The van der Waals surface area contributed by atoms with Gasteiger partial charge >= 0.3 is 0 Å². The Hall–Kier alpha value is -1.69. The van der Waals surface area contributed by atoms with E-state index in [0.717, 1.165) is 25.7 Å². The summed E-state index contributed by atoms with van der Waals surface area (Å²) in [6.45, 7) is 1.77. The van der Waals surface area contributed by atoms with Gasteiger partial charge in [0, 0.05) is 12.3 Å². The summed E-state index contributed by atoms with van der Waals surface area (Å²) in [4.78, 5) is 16.7. The second kappa shape index (κ2) is 5.36. The average Bonchev–Trinajstić information content (AvgIpc) is 3.10. The van der Waals surface area contributed by atoms with E-state index in [-0.39, 0.29) is 5.91 Å². The molecule has 0 unspecified atom stereocenters. The standard InChI is InChI=1S/C14H17N3O2S/c1-10-15-13(17-19-10)14(6-3-2-4-7-14)16-12(18)11-5-8-20-9-11/h5,8-9H,2-4,6-7H2,1H3,(H,16,18). The van der Waals surface area contributed by atoms with Crippen molar-refractivity contribution in [3.8, 4) is 0 Å². The maximum absolute atomic E-state index is 12.4. The molecule has 2 aromatic heterocycles. The topological polar surface area (TPSA) is 68.0 Å². The van der Waals surface area contributed by atoms with Gasteiger partial charge in [0.15, 0.2) is 5.82 Å². The smallest absolute Gasteiger partial charge is 0.252 e. The van der Waals surface area contributed by atoms with E-state index in [2.05, 4.69) is 15.5 Å². The fraction of sp³-hybridized carbons (Fsp3) is 0.500. The number of hydrogen-bond donors (Lipinski definition) is 1. The Morgan fingerprint density at radius 1 is 1.40 bits per heavy atom. The SMILES string of the molecule is Cc1nc(C2(NC(=O)c3ccsc3)CCCCC2)no1. The Morgan fingerprint density at radius 3 is 2.80 bits per heavy atom. The summed E-state index contributed by atoms with van der Waals surface area (Å²) in [7, 11) is 0. The Labute approximate surface area is 121 Å². The number of aryl methyl sites for hydroxylation is 1. The molecule has 0 aromatic carbocycles. The number of carbonyl (C=O) groups excluding carboxylic acids is 1. The fourth-order valence-electron chi connectivity index (χ4n) is 2.74. The van der Waals surface area contributed by atoms with Crippen LogP contribution in [0.3, 0.4) is 0 Å². The van der Waals surface area contributed by atoms with Crippen molar-refractivity contribution in [1.29, 1.82) is 0 Å². The largest absolute Gasteiger partial charge is 0.340 e.